The van der Waals surface area contributed by atoms with Crippen LogP contribution in [-0.4, -0.2) is 16.4 Å². The molecule has 31 heavy (non-hydrogen) atoms. The summed E-state index contributed by atoms with van der Waals surface area (Å²) in [6.45, 7) is 3.34. The summed E-state index contributed by atoms with van der Waals surface area (Å²) in [7, 11) is 0. The highest BCUT2D eigenvalue weighted by atomic mass is 32.1. The predicted octanol–water partition coefficient (Wildman–Crippen LogP) is 5.31. The third-order valence-electron chi connectivity index (χ3n) is 5.53. The van der Waals surface area contributed by atoms with Crippen molar-refractivity contribution in [2.75, 3.05) is 10.2 Å². The van der Waals surface area contributed by atoms with Crippen molar-refractivity contribution < 1.29 is 9.59 Å². The molecular formula is C24H21N3O2S2. The average molecular weight is 448 g/mol. The number of carbonyl (C=O) groups excluding carboxylic acids is 2. The van der Waals surface area contributed by atoms with Crippen LogP contribution >= 0.6 is 22.7 Å². The first kappa shape index (κ1) is 19.8. The lowest BCUT2D eigenvalue weighted by molar-refractivity contribution is -0.115. The zero-order chi connectivity index (χ0) is 21.4. The van der Waals surface area contributed by atoms with Crippen molar-refractivity contribution in [2.45, 2.75) is 26.4 Å². The summed E-state index contributed by atoms with van der Waals surface area (Å²) in [5.74, 6) is -0.0952. The molecule has 2 amide bonds. The summed E-state index contributed by atoms with van der Waals surface area (Å²) in [5, 5.41) is 7.95. The van der Waals surface area contributed by atoms with Crippen LogP contribution < -0.4 is 10.2 Å². The Kier molecular flexibility index (Phi) is 5.21. The van der Waals surface area contributed by atoms with E-state index < -0.39 is 0 Å². The van der Waals surface area contributed by atoms with Gasteiger partial charge in [-0.2, -0.15) is 0 Å². The Bertz CT molecular complexity index is 1250. The highest BCUT2D eigenvalue weighted by molar-refractivity contribution is 7.14. The van der Waals surface area contributed by atoms with Crippen molar-refractivity contribution in [1.82, 2.24) is 4.57 Å². The van der Waals surface area contributed by atoms with Crippen LogP contribution in [0.4, 0.5) is 10.7 Å². The Morgan fingerprint density at radius 1 is 1.00 bits per heavy atom. The van der Waals surface area contributed by atoms with Gasteiger partial charge in [-0.1, -0.05) is 0 Å². The van der Waals surface area contributed by atoms with Crippen molar-refractivity contribution in [1.29, 1.82) is 0 Å². The zero-order valence-corrected chi connectivity index (χ0v) is 18.6. The molecule has 0 bridgehead atoms. The number of thiophene rings is 2. The van der Waals surface area contributed by atoms with E-state index in [2.05, 4.69) is 28.2 Å². The third kappa shape index (κ3) is 3.94. The first-order chi connectivity index (χ1) is 15.1. The fourth-order valence-corrected chi connectivity index (χ4v) is 5.49. The van der Waals surface area contributed by atoms with Gasteiger partial charge in [-0.3, -0.25) is 14.5 Å². The van der Waals surface area contributed by atoms with Crippen LogP contribution in [0.25, 0.3) is 0 Å². The summed E-state index contributed by atoms with van der Waals surface area (Å²) < 4.78 is 2.19. The Balaban J connectivity index is 1.32. The van der Waals surface area contributed by atoms with Gasteiger partial charge >= 0.3 is 0 Å². The molecule has 5 rings (SSSR count). The van der Waals surface area contributed by atoms with E-state index in [1.54, 1.807) is 46.9 Å². The number of anilines is 2. The first-order valence-electron chi connectivity index (χ1n) is 10.0. The molecule has 4 heterocycles. The van der Waals surface area contributed by atoms with Crippen LogP contribution in [-0.2, 0) is 24.3 Å². The molecule has 0 saturated carbocycles. The Morgan fingerprint density at radius 3 is 2.58 bits per heavy atom. The standard InChI is InChI=1S/C24H21N3O2S2/c1-16-18(8-11-30-16)13-22(28)25-20-6-4-17(5-7-20)23(29)27-15-21-3-2-10-26(21)14-19-9-12-31-24(19)27/h2-12H,13-15H2,1H3,(H,25,28). The van der Waals surface area contributed by atoms with Gasteiger partial charge in [0.2, 0.25) is 5.91 Å². The van der Waals surface area contributed by atoms with Crippen molar-refractivity contribution in [3.8, 4) is 0 Å². The molecule has 0 aliphatic carbocycles. The van der Waals surface area contributed by atoms with E-state index in [4.69, 9.17) is 0 Å². The van der Waals surface area contributed by atoms with E-state index in [0.717, 1.165) is 33.2 Å². The van der Waals surface area contributed by atoms with Crippen molar-refractivity contribution in [3.63, 3.8) is 0 Å². The van der Waals surface area contributed by atoms with Crippen LogP contribution in [0.5, 0.6) is 0 Å². The minimum absolute atomic E-state index is 0.0369. The number of fused-ring (bicyclic) bond motifs is 2. The number of carbonyl (C=O) groups is 2. The van der Waals surface area contributed by atoms with E-state index in [0.29, 0.717) is 24.2 Å². The SMILES string of the molecule is Cc1sccc1CC(=O)Nc1ccc(C(=O)N2Cc3cccn3Cc3ccsc32)cc1. The number of amides is 2. The minimum Gasteiger partial charge on any atom is -0.345 e. The highest BCUT2D eigenvalue weighted by Crippen LogP contribution is 2.34. The quantitative estimate of drug-likeness (QED) is 0.461. The molecule has 0 fully saturated rings. The number of hydrogen-bond donors (Lipinski definition) is 1. The molecule has 4 aromatic rings. The molecule has 0 unspecified atom stereocenters. The van der Waals surface area contributed by atoms with Gasteiger partial charge in [0.25, 0.3) is 5.91 Å². The predicted molar refractivity (Wildman–Crippen MR) is 126 cm³/mol. The van der Waals surface area contributed by atoms with Gasteiger partial charge in [0, 0.05) is 33.6 Å². The van der Waals surface area contributed by atoms with Crippen molar-refractivity contribution >= 4 is 45.2 Å². The van der Waals surface area contributed by atoms with Gasteiger partial charge in [0.1, 0.15) is 5.00 Å². The summed E-state index contributed by atoms with van der Waals surface area (Å²) >= 11 is 3.24. The van der Waals surface area contributed by atoms with Gasteiger partial charge in [0.15, 0.2) is 0 Å². The van der Waals surface area contributed by atoms with Crippen LogP contribution in [0.1, 0.15) is 32.1 Å². The van der Waals surface area contributed by atoms with Crippen LogP contribution in [0.3, 0.4) is 0 Å². The number of nitrogens with one attached hydrogen (secondary N) is 1. The lowest BCUT2D eigenvalue weighted by atomic mass is 10.1. The lowest BCUT2D eigenvalue weighted by Gasteiger charge is -2.20. The van der Waals surface area contributed by atoms with Gasteiger partial charge in [0.05, 0.1) is 19.5 Å². The molecule has 156 valence electrons. The molecular weight excluding hydrogens is 426 g/mol. The van der Waals surface area contributed by atoms with Crippen LogP contribution in [0, 0.1) is 6.92 Å². The normalized spacial score (nSPS) is 12.7. The summed E-state index contributed by atoms with van der Waals surface area (Å²) in [6.07, 6.45) is 2.41. The molecule has 0 radical (unpaired) electrons. The molecule has 0 spiro atoms. The monoisotopic (exact) mass is 447 g/mol. The maximum atomic E-state index is 13.4. The van der Waals surface area contributed by atoms with E-state index in [9.17, 15) is 9.59 Å². The van der Waals surface area contributed by atoms with E-state index in [1.165, 1.54) is 0 Å². The van der Waals surface area contributed by atoms with Gasteiger partial charge < -0.3 is 9.88 Å². The smallest absolute Gasteiger partial charge is 0.259 e. The Morgan fingerprint density at radius 2 is 1.81 bits per heavy atom. The summed E-state index contributed by atoms with van der Waals surface area (Å²) in [4.78, 5) is 28.7. The maximum absolute atomic E-state index is 13.4. The molecule has 1 aliphatic heterocycles. The van der Waals surface area contributed by atoms with Crippen LogP contribution in [0.2, 0.25) is 0 Å². The fraction of sp³-hybridized carbons (Fsp3) is 0.167. The summed E-state index contributed by atoms with van der Waals surface area (Å²) in [5.41, 5.74) is 4.61. The molecule has 1 N–H and O–H groups in total. The maximum Gasteiger partial charge on any atom is 0.259 e. The molecule has 3 aromatic heterocycles. The number of aromatic nitrogens is 1. The second-order valence-corrected chi connectivity index (χ2v) is 9.59. The highest BCUT2D eigenvalue weighted by Gasteiger charge is 2.26. The molecule has 1 aliphatic rings. The topological polar surface area (TPSA) is 54.3 Å². The molecule has 0 saturated heterocycles. The number of benzene rings is 1. The molecule has 5 nitrogen and oxygen atoms in total. The average Bonchev–Trinajstić information content (AvgIpc) is 3.48. The molecule has 0 atom stereocenters. The third-order valence-corrected chi connectivity index (χ3v) is 7.40. The van der Waals surface area contributed by atoms with E-state index in [1.807, 2.05) is 34.7 Å². The fourth-order valence-electron chi connectivity index (χ4n) is 3.84. The zero-order valence-electron chi connectivity index (χ0n) is 17.0. The summed E-state index contributed by atoms with van der Waals surface area (Å²) in [6, 6.07) is 15.3. The van der Waals surface area contributed by atoms with Crippen LogP contribution in [0.15, 0.2) is 65.5 Å². The largest absolute Gasteiger partial charge is 0.345 e. The minimum atomic E-state index is -0.0583. The molecule has 1 aromatic carbocycles. The number of hydrogen-bond acceptors (Lipinski definition) is 4. The van der Waals surface area contributed by atoms with Gasteiger partial charge in [-0.15, -0.1) is 22.7 Å². The Labute approximate surface area is 188 Å². The van der Waals surface area contributed by atoms with Crippen molar-refractivity contribution in [3.05, 3.63) is 92.7 Å². The second kappa shape index (κ2) is 8.17. The second-order valence-electron chi connectivity index (χ2n) is 7.57. The van der Waals surface area contributed by atoms with E-state index >= 15 is 0 Å². The number of aryl methyl sites for hydroxylation is 1. The van der Waals surface area contributed by atoms with E-state index in [-0.39, 0.29) is 11.8 Å². The number of rotatable bonds is 4. The van der Waals surface area contributed by atoms with Crippen molar-refractivity contribution in [2.24, 2.45) is 0 Å². The Hall–Kier alpha value is -3.16. The first-order valence-corrected chi connectivity index (χ1v) is 11.8. The molecule has 7 heteroatoms. The lowest BCUT2D eigenvalue weighted by Crippen LogP contribution is -2.29. The van der Waals surface area contributed by atoms with Gasteiger partial charge in [-0.25, -0.2) is 0 Å². The van der Waals surface area contributed by atoms with Gasteiger partial charge in [-0.05, 0) is 71.8 Å². The number of nitrogens with zero attached hydrogens (tertiary/aromatic N) is 2.